The molecule has 3 aromatic rings. The number of imide groups is 1. The standard InChI is InChI=1S/C26H17Cl2N3O3/c27-16-10-17(28)12-18(11-16)30-25(33)20-21(26(30)34)23(24(32)14-6-2-1-3-7-14)31-22(20)19-9-5-4-8-15(19)13-29-31/h1-13,20-23H/t20-,21+,22+,23+/m0/s1. The van der Waals surface area contributed by atoms with Gasteiger partial charge in [-0.15, -0.1) is 0 Å². The van der Waals surface area contributed by atoms with Gasteiger partial charge in [0, 0.05) is 15.6 Å². The molecule has 0 aliphatic carbocycles. The molecule has 0 aromatic heterocycles. The third-order valence-electron chi connectivity index (χ3n) is 6.73. The summed E-state index contributed by atoms with van der Waals surface area (Å²) in [6, 6.07) is 19.5. The van der Waals surface area contributed by atoms with Gasteiger partial charge in [0.05, 0.1) is 29.8 Å². The molecule has 3 aliphatic rings. The van der Waals surface area contributed by atoms with Crippen molar-refractivity contribution >= 4 is 52.7 Å². The number of fused-ring (bicyclic) bond motifs is 5. The zero-order valence-electron chi connectivity index (χ0n) is 17.6. The number of rotatable bonds is 3. The molecule has 6 nitrogen and oxygen atoms in total. The summed E-state index contributed by atoms with van der Waals surface area (Å²) in [4.78, 5) is 42.5. The van der Waals surface area contributed by atoms with Gasteiger partial charge in [-0.05, 0) is 29.3 Å². The topological polar surface area (TPSA) is 70.0 Å². The van der Waals surface area contributed by atoms with Crippen LogP contribution in [0.5, 0.6) is 0 Å². The predicted octanol–water partition coefficient (Wildman–Crippen LogP) is 4.75. The van der Waals surface area contributed by atoms with Crippen molar-refractivity contribution in [3.63, 3.8) is 0 Å². The smallest absolute Gasteiger partial charge is 0.240 e. The molecule has 3 aromatic carbocycles. The van der Waals surface area contributed by atoms with Crippen LogP contribution in [0.2, 0.25) is 10.0 Å². The SMILES string of the molecule is O=C(c1ccccc1)[C@H]1[C@@H]2C(=O)N(c3cc(Cl)cc(Cl)c3)C(=O)[C@@H]2[C@H]2c3ccccc3C=NN21. The van der Waals surface area contributed by atoms with Gasteiger partial charge in [0.1, 0.15) is 6.04 Å². The highest BCUT2D eigenvalue weighted by atomic mass is 35.5. The summed E-state index contributed by atoms with van der Waals surface area (Å²) in [6.45, 7) is 0. The third kappa shape index (κ3) is 3.02. The molecular weight excluding hydrogens is 473 g/mol. The Labute approximate surface area is 205 Å². The monoisotopic (exact) mass is 489 g/mol. The summed E-state index contributed by atoms with van der Waals surface area (Å²) in [5.74, 6) is -2.77. The van der Waals surface area contributed by atoms with E-state index >= 15 is 0 Å². The fourth-order valence-corrected chi connectivity index (χ4v) is 5.88. The quantitative estimate of drug-likeness (QED) is 0.393. The van der Waals surface area contributed by atoms with Crippen molar-refractivity contribution in [3.8, 4) is 0 Å². The Balaban J connectivity index is 1.51. The molecule has 0 radical (unpaired) electrons. The van der Waals surface area contributed by atoms with Gasteiger partial charge in [-0.25, -0.2) is 4.90 Å². The number of hydrogen-bond acceptors (Lipinski definition) is 5. The predicted molar refractivity (Wildman–Crippen MR) is 129 cm³/mol. The lowest BCUT2D eigenvalue weighted by atomic mass is 9.83. The molecule has 8 heteroatoms. The van der Waals surface area contributed by atoms with Crippen LogP contribution in [-0.4, -0.2) is 34.9 Å². The maximum Gasteiger partial charge on any atom is 0.240 e. The van der Waals surface area contributed by atoms with Gasteiger partial charge >= 0.3 is 0 Å². The van der Waals surface area contributed by atoms with Crippen molar-refractivity contribution in [2.45, 2.75) is 12.1 Å². The Bertz CT molecular complexity index is 1370. The molecule has 4 atom stereocenters. The summed E-state index contributed by atoms with van der Waals surface area (Å²) in [6.07, 6.45) is 1.68. The van der Waals surface area contributed by atoms with Gasteiger partial charge in [-0.1, -0.05) is 77.8 Å². The summed E-state index contributed by atoms with van der Waals surface area (Å²) < 4.78 is 0. The molecule has 168 valence electrons. The van der Waals surface area contributed by atoms with Crippen LogP contribution in [0.25, 0.3) is 0 Å². The first-order valence-corrected chi connectivity index (χ1v) is 11.6. The zero-order chi connectivity index (χ0) is 23.6. The highest BCUT2D eigenvalue weighted by Gasteiger charge is 2.65. The number of hydrogen-bond donors (Lipinski definition) is 0. The fourth-order valence-electron chi connectivity index (χ4n) is 5.36. The Morgan fingerprint density at radius 1 is 0.824 bits per heavy atom. The van der Waals surface area contributed by atoms with Crippen LogP contribution in [-0.2, 0) is 9.59 Å². The maximum atomic E-state index is 13.8. The average Bonchev–Trinajstić information content (AvgIpc) is 3.31. The number of halogens is 2. The minimum atomic E-state index is -0.918. The summed E-state index contributed by atoms with van der Waals surface area (Å²) in [7, 11) is 0. The molecule has 2 fully saturated rings. The van der Waals surface area contributed by atoms with Crippen LogP contribution in [0.4, 0.5) is 5.69 Å². The van der Waals surface area contributed by atoms with Crippen molar-refractivity contribution in [1.29, 1.82) is 0 Å². The normalized spacial score (nSPS) is 24.8. The van der Waals surface area contributed by atoms with Gasteiger partial charge in [0.2, 0.25) is 11.8 Å². The summed E-state index contributed by atoms with van der Waals surface area (Å²) in [5.41, 5.74) is 2.49. The van der Waals surface area contributed by atoms with E-state index in [2.05, 4.69) is 5.10 Å². The average molecular weight is 490 g/mol. The number of hydrazone groups is 1. The molecule has 3 aliphatic heterocycles. The minimum absolute atomic E-state index is 0.248. The minimum Gasteiger partial charge on any atom is -0.292 e. The van der Waals surface area contributed by atoms with E-state index in [1.54, 1.807) is 35.5 Å². The third-order valence-corrected chi connectivity index (χ3v) is 7.16. The van der Waals surface area contributed by atoms with Gasteiger partial charge < -0.3 is 0 Å². The van der Waals surface area contributed by atoms with Crippen molar-refractivity contribution in [2.24, 2.45) is 16.9 Å². The highest BCUT2D eigenvalue weighted by Crippen LogP contribution is 2.53. The van der Waals surface area contributed by atoms with E-state index < -0.39 is 35.7 Å². The van der Waals surface area contributed by atoms with Crippen LogP contribution >= 0.6 is 23.2 Å². The van der Waals surface area contributed by atoms with E-state index in [-0.39, 0.29) is 5.78 Å². The van der Waals surface area contributed by atoms with Crippen molar-refractivity contribution < 1.29 is 14.4 Å². The Hall–Kier alpha value is -3.48. The van der Waals surface area contributed by atoms with Crippen molar-refractivity contribution in [3.05, 3.63) is 99.5 Å². The molecule has 2 amide bonds. The first-order chi connectivity index (χ1) is 16.5. The van der Waals surface area contributed by atoms with Gasteiger partial charge in [-0.2, -0.15) is 5.10 Å². The van der Waals surface area contributed by atoms with Crippen LogP contribution in [0.3, 0.4) is 0 Å². The second kappa shape index (κ2) is 7.79. The summed E-state index contributed by atoms with van der Waals surface area (Å²) >= 11 is 12.3. The lowest BCUT2D eigenvalue weighted by molar-refractivity contribution is -0.124. The molecule has 0 unspecified atom stereocenters. The molecule has 3 heterocycles. The van der Waals surface area contributed by atoms with E-state index in [9.17, 15) is 14.4 Å². The first-order valence-electron chi connectivity index (χ1n) is 10.8. The molecule has 0 N–H and O–H groups in total. The van der Waals surface area contributed by atoms with Gasteiger partial charge in [-0.3, -0.25) is 19.4 Å². The van der Waals surface area contributed by atoms with Crippen LogP contribution in [0, 0.1) is 11.8 Å². The molecule has 2 saturated heterocycles. The number of amides is 2. The molecular formula is C26H17Cl2N3O3. The summed E-state index contributed by atoms with van der Waals surface area (Å²) in [5, 5.41) is 6.83. The van der Waals surface area contributed by atoms with E-state index in [1.807, 2.05) is 30.3 Å². The lowest BCUT2D eigenvalue weighted by Crippen LogP contribution is -2.44. The van der Waals surface area contributed by atoms with Crippen LogP contribution < -0.4 is 4.90 Å². The lowest BCUT2D eigenvalue weighted by Gasteiger charge is -2.33. The van der Waals surface area contributed by atoms with E-state index in [0.717, 1.165) is 16.0 Å². The van der Waals surface area contributed by atoms with Crippen molar-refractivity contribution in [2.75, 3.05) is 4.90 Å². The Morgan fingerprint density at radius 2 is 1.47 bits per heavy atom. The number of nitrogens with zero attached hydrogens (tertiary/aromatic N) is 3. The largest absolute Gasteiger partial charge is 0.292 e. The number of benzene rings is 3. The van der Waals surface area contributed by atoms with Gasteiger partial charge in [0.25, 0.3) is 0 Å². The van der Waals surface area contributed by atoms with Gasteiger partial charge in [0.15, 0.2) is 5.78 Å². The second-order valence-corrected chi connectivity index (χ2v) is 9.44. The van der Waals surface area contributed by atoms with E-state index in [4.69, 9.17) is 23.2 Å². The van der Waals surface area contributed by atoms with E-state index in [0.29, 0.717) is 21.3 Å². The number of ketones is 1. The Kier molecular flexibility index (Phi) is 4.83. The maximum absolute atomic E-state index is 13.8. The first kappa shape index (κ1) is 21.1. The number of carbonyl (C=O) groups excluding carboxylic acids is 3. The number of anilines is 1. The van der Waals surface area contributed by atoms with E-state index in [1.165, 1.54) is 18.2 Å². The highest BCUT2D eigenvalue weighted by molar-refractivity contribution is 6.36. The molecule has 0 saturated carbocycles. The zero-order valence-corrected chi connectivity index (χ0v) is 19.1. The molecule has 6 rings (SSSR count). The van der Waals surface area contributed by atoms with Crippen molar-refractivity contribution in [1.82, 2.24) is 5.01 Å². The number of carbonyl (C=O) groups is 3. The molecule has 34 heavy (non-hydrogen) atoms. The molecule has 0 bridgehead atoms. The Morgan fingerprint density at radius 3 is 2.21 bits per heavy atom. The second-order valence-electron chi connectivity index (χ2n) is 8.56. The molecule has 0 spiro atoms. The fraction of sp³-hybridized carbons (Fsp3) is 0.154. The van der Waals surface area contributed by atoms with Crippen LogP contribution in [0.15, 0.2) is 77.9 Å². The number of Topliss-reactive ketones (excluding diaryl/α,β-unsaturated/α-hetero) is 1. The van der Waals surface area contributed by atoms with Crippen LogP contribution in [0.1, 0.15) is 27.5 Å².